The predicted molar refractivity (Wildman–Crippen MR) is 91.3 cm³/mol. The zero-order valence-electron chi connectivity index (χ0n) is 14.0. The Morgan fingerprint density at radius 3 is 1.58 bits per heavy atom. The van der Waals surface area contributed by atoms with Gasteiger partial charge in [-0.1, -0.05) is 51.0 Å². The molecule has 0 aliphatic rings. The molecule has 0 unspecified atom stereocenters. The maximum absolute atomic E-state index is 8.61. The smallest absolute Gasteiger partial charge is 0.292 e. The average molecular weight is 320 g/mol. The molecular formula is C20H20N2O2. The molecule has 0 saturated carbocycles. The van der Waals surface area contributed by atoms with Crippen LogP contribution in [-0.2, 0) is 5.41 Å². The number of nitrogens with zero attached hydrogens (tertiary/aromatic N) is 2. The molecule has 2 aromatic carbocycles. The molecule has 4 nitrogen and oxygen atoms in total. The molecule has 24 heavy (non-hydrogen) atoms. The molecule has 4 heteroatoms. The molecule has 0 aliphatic carbocycles. The van der Waals surface area contributed by atoms with Crippen LogP contribution in [0.25, 0.3) is 0 Å². The average Bonchev–Trinajstić information content (AvgIpc) is 2.61. The highest BCUT2D eigenvalue weighted by atomic mass is 16.5. The summed E-state index contributed by atoms with van der Waals surface area (Å²) in [5.74, 6) is 1.08. The zero-order chi connectivity index (χ0) is 17.4. The minimum absolute atomic E-state index is 0.160. The lowest BCUT2D eigenvalue weighted by Crippen LogP contribution is -2.23. The van der Waals surface area contributed by atoms with E-state index in [0.717, 1.165) is 30.4 Å². The third kappa shape index (κ3) is 3.86. The van der Waals surface area contributed by atoms with Gasteiger partial charge in [0.15, 0.2) is 0 Å². The van der Waals surface area contributed by atoms with Gasteiger partial charge in [0.2, 0.25) is 0 Å². The van der Waals surface area contributed by atoms with Crippen molar-refractivity contribution in [1.29, 1.82) is 10.5 Å². The van der Waals surface area contributed by atoms with Gasteiger partial charge in [0.25, 0.3) is 12.5 Å². The van der Waals surface area contributed by atoms with E-state index in [1.807, 2.05) is 48.5 Å². The van der Waals surface area contributed by atoms with E-state index in [9.17, 15) is 0 Å². The molecule has 2 rings (SSSR count). The summed E-state index contributed by atoms with van der Waals surface area (Å²) in [5.41, 5.74) is 2.16. The quantitative estimate of drug-likeness (QED) is 0.680. The lowest BCUT2D eigenvalue weighted by atomic mass is 9.73. The van der Waals surface area contributed by atoms with E-state index in [1.54, 1.807) is 12.5 Å². The summed E-state index contributed by atoms with van der Waals surface area (Å²) in [7, 11) is 0. The SMILES string of the molecule is CCCCC(C)(c1ccc(OC#N)cc1)c1ccc(OC#N)cc1. The van der Waals surface area contributed by atoms with Crippen molar-refractivity contribution < 1.29 is 9.47 Å². The molecule has 2 aromatic rings. The first-order valence-electron chi connectivity index (χ1n) is 7.97. The van der Waals surface area contributed by atoms with Gasteiger partial charge in [0, 0.05) is 5.41 Å². The van der Waals surface area contributed by atoms with Gasteiger partial charge in [-0.15, -0.1) is 10.5 Å². The monoisotopic (exact) mass is 320 g/mol. The number of hydrogen-bond donors (Lipinski definition) is 0. The first-order valence-corrected chi connectivity index (χ1v) is 7.97. The Hall–Kier alpha value is -2.98. The van der Waals surface area contributed by atoms with Crippen molar-refractivity contribution in [2.45, 2.75) is 38.5 Å². The Morgan fingerprint density at radius 2 is 1.25 bits per heavy atom. The van der Waals surface area contributed by atoms with Gasteiger partial charge in [0.1, 0.15) is 11.5 Å². The molecule has 0 bridgehead atoms. The fourth-order valence-electron chi connectivity index (χ4n) is 2.87. The number of benzene rings is 2. The Kier molecular flexibility index (Phi) is 5.82. The van der Waals surface area contributed by atoms with Crippen LogP contribution in [0.1, 0.15) is 44.2 Å². The highest BCUT2D eigenvalue weighted by Crippen LogP contribution is 2.38. The lowest BCUT2D eigenvalue weighted by Gasteiger charge is -2.31. The van der Waals surface area contributed by atoms with Crippen molar-refractivity contribution in [2.24, 2.45) is 0 Å². The van der Waals surface area contributed by atoms with E-state index < -0.39 is 0 Å². The summed E-state index contributed by atoms with van der Waals surface area (Å²) in [5, 5.41) is 17.2. The number of nitriles is 2. The van der Waals surface area contributed by atoms with Gasteiger partial charge in [-0.05, 0) is 41.8 Å². The predicted octanol–water partition coefficient (Wildman–Crippen LogP) is 4.90. The van der Waals surface area contributed by atoms with Crippen molar-refractivity contribution >= 4 is 0 Å². The van der Waals surface area contributed by atoms with Gasteiger partial charge >= 0.3 is 0 Å². The molecule has 0 saturated heterocycles. The summed E-state index contributed by atoms with van der Waals surface area (Å²) >= 11 is 0. The van der Waals surface area contributed by atoms with E-state index in [-0.39, 0.29) is 5.41 Å². The molecule has 0 N–H and O–H groups in total. The van der Waals surface area contributed by atoms with Crippen LogP contribution in [0.5, 0.6) is 11.5 Å². The second-order valence-corrected chi connectivity index (χ2v) is 5.87. The third-order valence-electron chi connectivity index (χ3n) is 4.34. The van der Waals surface area contributed by atoms with Gasteiger partial charge in [-0.25, -0.2) is 0 Å². The molecule has 0 heterocycles. The number of rotatable bonds is 7. The number of unbranched alkanes of at least 4 members (excludes halogenated alkanes) is 1. The molecule has 0 radical (unpaired) electrons. The van der Waals surface area contributed by atoms with Crippen LogP contribution in [0.2, 0.25) is 0 Å². The first kappa shape index (κ1) is 17.4. The maximum Gasteiger partial charge on any atom is 0.292 e. The second kappa shape index (κ2) is 8.04. The number of ether oxygens (including phenoxy) is 2. The fraction of sp³-hybridized carbons (Fsp3) is 0.300. The normalized spacial score (nSPS) is 10.5. The van der Waals surface area contributed by atoms with E-state index in [0.29, 0.717) is 11.5 Å². The van der Waals surface area contributed by atoms with Crippen LogP contribution in [0.15, 0.2) is 48.5 Å². The largest absolute Gasteiger partial charge is 0.388 e. The lowest BCUT2D eigenvalue weighted by molar-refractivity contribution is 0.484. The minimum Gasteiger partial charge on any atom is -0.388 e. The topological polar surface area (TPSA) is 66.0 Å². The van der Waals surface area contributed by atoms with Crippen molar-refractivity contribution in [3.63, 3.8) is 0 Å². The molecule has 122 valence electrons. The van der Waals surface area contributed by atoms with Crippen LogP contribution < -0.4 is 9.47 Å². The van der Waals surface area contributed by atoms with Crippen LogP contribution in [0.4, 0.5) is 0 Å². The molecular weight excluding hydrogens is 300 g/mol. The van der Waals surface area contributed by atoms with Crippen LogP contribution >= 0.6 is 0 Å². The highest BCUT2D eigenvalue weighted by molar-refractivity contribution is 5.42. The first-order chi connectivity index (χ1) is 11.6. The maximum atomic E-state index is 8.61. The second-order valence-electron chi connectivity index (χ2n) is 5.87. The summed E-state index contributed by atoms with van der Waals surface area (Å²) in [6, 6.07) is 15.3. The van der Waals surface area contributed by atoms with Crippen molar-refractivity contribution in [2.75, 3.05) is 0 Å². The molecule has 0 fully saturated rings. The Labute approximate surface area is 142 Å². The Bertz CT molecular complexity index is 678. The summed E-state index contributed by atoms with van der Waals surface area (Å²) < 4.78 is 9.72. The van der Waals surface area contributed by atoms with E-state index in [2.05, 4.69) is 13.8 Å². The molecule has 0 spiro atoms. The summed E-state index contributed by atoms with van der Waals surface area (Å²) in [4.78, 5) is 0. The summed E-state index contributed by atoms with van der Waals surface area (Å²) in [6.07, 6.45) is 6.59. The van der Waals surface area contributed by atoms with Crippen molar-refractivity contribution in [3.05, 3.63) is 59.7 Å². The number of hydrogen-bond acceptors (Lipinski definition) is 4. The fourth-order valence-corrected chi connectivity index (χ4v) is 2.87. The standard InChI is InChI=1S/C20H20N2O2/c1-3-4-13-20(2,16-5-9-18(10-6-16)23-14-21)17-7-11-19(12-8-17)24-15-22/h5-12H,3-4,13H2,1-2H3. The van der Waals surface area contributed by atoms with Gasteiger partial charge in [-0.2, -0.15) is 0 Å². The highest BCUT2D eigenvalue weighted by Gasteiger charge is 2.28. The molecule has 0 atom stereocenters. The van der Waals surface area contributed by atoms with Crippen LogP contribution in [0, 0.1) is 23.0 Å². The molecule has 0 amide bonds. The Morgan fingerprint density at radius 1 is 0.833 bits per heavy atom. The van der Waals surface area contributed by atoms with E-state index in [1.165, 1.54) is 0 Å². The van der Waals surface area contributed by atoms with Gasteiger partial charge in [-0.3, -0.25) is 0 Å². The zero-order valence-corrected chi connectivity index (χ0v) is 14.0. The molecule has 0 aromatic heterocycles. The van der Waals surface area contributed by atoms with Crippen LogP contribution in [-0.4, -0.2) is 0 Å². The van der Waals surface area contributed by atoms with Gasteiger partial charge in [0.05, 0.1) is 0 Å². The molecule has 0 aliphatic heterocycles. The third-order valence-corrected chi connectivity index (χ3v) is 4.34. The Balaban J connectivity index is 2.37. The van der Waals surface area contributed by atoms with Gasteiger partial charge < -0.3 is 9.47 Å². The van der Waals surface area contributed by atoms with E-state index >= 15 is 0 Å². The minimum atomic E-state index is -0.160. The van der Waals surface area contributed by atoms with Crippen molar-refractivity contribution in [1.82, 2.24) is 0 Å². The van der Waals surface area contributed by atoms with Crippen LogP contribution in [0.3, 0.4) is 0 Å². The van der Waals surface area contributed by atoms with E-state index in [4.69, 9.17) is 20.0 Å². The summed E-state index contributed by atoms with van der Waals surface area (Å²) in [6.45, 7) is 4.39. The van der Waals surface area contributed by atoms with Crippen molar-refractivity contribution in [3.8, 4) is 24.0 Å².